The van der Waals surface area contributed by atoms with Crippen LogP contribution in [-0.4, -0.2) is 28.1 Å². The monoisotopic (exact) mass is 269 g/mol. The molecule has 3 nitrogen and oxygen atoms in total. The second-order valence-corrected chi connectivity index (χ2v) is 5.86. The van der Waals surface area contributed by atoms with Gasteiger partial charge in [0.25, 0.3) is 0 Å². The number of halogens is 1. The smallest absolute Gasteiger partial charge is 0.317 e. The van der Waals surface area contributed by atoms with Crippen molar-refractivity contribution < 1.29 is 9.90 Å². The number of aliphatic carboxylic acids is 1. The van der Waals surface area contributed by atoms with Crippen molar-refractivity contribution >= 4 is 17.6 Å². The summed E-state index contributed by atoms with van der Waals surface area (Å²) < 4.78 is 0. The van der Waals surface area contributed by atoms with Crippen molar-refractivity contribution in [2.45, 2.75) is 39.3 Å². The van der Waals surface area contributed by atoms with Gasteiger partial charge in [0.05, 0.1) is 6.54 Å². The third-order valence-electron chi connectivity index (χ3n) is 2.99. The van der Waals surface area contributed by atoms with Gasteiger partial charge >= 0.3 is 5.97 Å². The lowest BCUT2D eigenvalue weighted by Gasteiger charge is -2.39. The third-order valence-corrected chi connectivity index (χ3v) is 3.24. The Hall–Kier alpha value is -1.06. The second-order valence-electron chi connectivity index (χ2n) is 5.42. The first-order valence-corrected chi connectivity index (χ1v) is 6.33. The third kappa shape index (κ3) is 4.00. The van der Waals surface area contributed by atoms with E-state index in [1.165, 1.54) is 0 Å². The predicted octanol–water partition coefficient (Wildman–Crippen LogP) is 3.59. The molecule has 0 fully saturated rings. The van der Waals surface area contributed by atoms with Gasteiger partial charge in [-0.1, -0.05) is 23.7 Å². The highest BCUT2D eigenvalue weighted by Gasteiger charge is 2.28. The fourth-order valence-electron chi connectivity index (χ4n) is 2.02. The number of carbonyl (C=O) groups is 1. The van der Waals surface area contributed by atoms with Crippen LogP contribution >= 0.6 is 11.6 Å². The van der Waals surface area contributed by atoms with E-state index in [1.807, 2.05) is 56.9 Å². The Morgan fingerprint density at radius 1 is 1.33 bits per heavy atom. The average Bonchev–Trinajstić information content (AvgIpc) is 2.24. The predicted molar refractivity (Wildman–Crippen MR) is 74.0 cm³/mol. The standard InChI is InChI=1S/C14H20ClNO2/c1-10(11-5-7-12(15)8-6-11)16(9-13(17)18)14(2,3)4/h5-8,10H,9H2,1-4H3,(H,17,18). The van der Waals surface area contributed by atoms with Crippen molar-refractivity contribution in [2.75, 3.05) is 6.54 Å². The van der Waals surface area contributed by atoms with E-state index >= 15 is 0 Å². The molecule has 4 heteroatoms. The van der Waals surface area contributed by atoms with E-state index in [2.05, 4.69) is 0 Å². The summed E-state index contributed by atoms with van der Waals surface area (Å²) in [5.41, 5.74) is 0.854. The van der Waals surface area contributed by atoms with Crippen molar-refractivity contribution in [1.82, 2.24) is 4.90 Å². The van der Waals surface area contributed by atoms with Gasteiger partial charge in [-0.25, -0.2) is 0 Å². The van der Waals surface area contributed by atoms with Crippen molar-refractivity contribution in [2.24, 2.45) is 0 Å². The molecule has 0 spiro atoms. The minimum atomic E-state index is -0.814. The van der Waals surface area contributed by atoms with E-state index in [0.717, 1.165) is 5.56 Å². The number of nitrogens with zero attached hydrogens (tertiary/aromatic N) is 1. The van der Waals surface area contributed by atoms with Crippen LogP contribution in [0.4, 0.5) is 0 Å². The number of carboxylic acids is 1. The van der Waals surface area contributed by atoms with Crippen LogP contribution in [0.3, 0.4) is 0 Å². The van der Waals surface area contributed by atoms with Crippen molar-refractivity contribution in [3.63, 3.8) is 0 Å². The summed E-state index contributed by atoms with van der Waals surface area (Å²) in [6.45, 7) is 8.08. The fraction of sp³-hybridized carbons (Fsp3) is 0.500. The molecule has 0 saturated heterocycles. The molecule has 0 aliphatic rings. The van der Waals surface area contributed by atoms with Gasteiger partial charge in [-0.3, -0.25) is 9.69 Å². The van der Waals surface area contributed by atoms with Gasteiger partial charge in [-0.05, 0) is 45.4 Å². The zero-order valence-electron chi connectivity index (χ0n) is 11.3. The van der Waals surface area contributed by atoms with Gasteiger partial charge in [-0.15, -0.1) is 0 Å². The summed E-state index contributed by atoms with van der Waals surface area (Å²) in [7, 11) is 0. The van der Waals surface area contributed by atoms with Gasteiger partial charge in [0, 0.05) is 16.6 Å². The van der Waals surface area contributed by atoms with Gasteiger partial charge in [-0.2, -0.15) is 0 Å². The van der Waals surface area contributed by atoms with E-state index in [1.54, 1.807) is 0 Å². The van der Waals surface area contributed by atoms with Crippen LogP contribution in [0.25, 0.3) is 0 Å². The molecule has 1 unspecified atom stereocenters. The van der Waals surface area contributed by atoms with Crippen molar-refractivity contribution in [3.05, 3.63) is 34.9 Å². The van der Waals surface area contributed by atoms with Crippen LogP contribution < -0.4 is 0 Å². The topological polar surface area (TPSA) is 40.5 Å². The molecular formula is C14H20ClNO2. The molecule has 1 aromatic carbocycles. The minimum Gasteiger partial charge on any atom is -0.480 e. The normalized spacial score (nSPS) is 13.7. The van der Waals surface area contributed by atoms with Gasteiger partial charge in [0.15, 0.2) is 0 Å². The second kappa shape index (κ2) is 5.72. The maximum absolute atomic E-state index is 11.0. The van der Waals surface area contributed by atoms with Gasteiger partial charge in [0.2, 0.25) is 0 Å². The molecule has 0 radical (unpaired) electrons. The van der Waals surface area contributed by atoms with Crippen LogP contribution in [0.1, 0.15) is 39.3 Å². The molecule has 1 rings (SSSR count). The van der Waals surface area contributed by atoms with Crippen LogP contribution in [0.15, 0.2) is 24.3 Å². The quantitative estimate of drug-likeness (QED) is 0.908. The Balaban J connectivity index is 2.98. The molecule has 0 amide bonds. The summed E-state index contributed by atoms with van der Waals surface area (Å²) in [4.78, 5) is 12.9. The molecule has 1 atom stereocenters. The molecule has 0 aliphatic heterocycles. The summed E-state index contributed by atoms with van der Waals surface area (Å²) in [5.74, 6) is -0.814. The highest BCUT2D eigenvalue weighted by atomic mass is 35.5. The Kier molecular flexibility index (Phi) is 4.77. The zero-order chi connectivity index (χ0) is 13.9. The molecule has 0 bridgehead atoms. The first kappa shape index (κ1) is 15.0. The Morgan fingerprint density at radius 3 is 2.22 bits per heavy atom. The van der Waals surface area contributed by atoms with Crippen LogP contribution in [0, 0.1) is 0 Å². The summed E-state index contributed by atoms with van der Waals surface area (Å²) in [5, 5.41) is 9.71. The summed E-state index contributed by atoms with van der Waals surface area (Å²) in [6, 6.07) is 7.56. The van der Waals surface area contributed by atoms with Gasteiger partial charge in [0.1, 0.15) is 0 Å². The van der Waals surface area contributed by atoms with E-state index < -0.39 is 5.97 Å². The Labute approximate surface area is 113 Å². The molecule has 1 N–H and O–H groups in total. The molecule has 0 heterocycles. The summed E-state index contributed by atoms with van der Waals surface area (Å²) in [6.07, 6.45) is 0. The maximum atomic E-state index is 11.0. The van der Waals surface area contributed by atoms with Gasteiger partial charge < -0.3 is 5.11 Å². The molecular weight excluding hydrogens is 250 g/mol. The average molecular weight is 270 g/mol. The van der Waals surface area contributed by atoms with E-state index in [0.29, 0.717) is 5.02 Å². The number of benzene rings is 1. The minimum absolute atomic E-state index is 0.0211. The molecule has 100 valence electrons. The van der Waals surface area contributed by atoms with Crippen molar-refractivity contribution in [1.29, 1.82) is 0 Å². The first-order valence-electron chi connectivity index (χ1n) is 5.96. The van der Waals surface area contributed by atoms with Crippen molar-refractivity contribution in [3.8, 4) is 0 Å². The number of hydrogen-bond donors (Lipinski definition) is 1. The Morgan fingerprint density at radius 2 is 1.83 bits per heavy atom. The van der Waals surface area contributed by atoms with Crippen LogP contribution in [-0.2, 0) is 4.79 Å². The van der Waals surface area contributed by atoms with E-state index in [-0.39, 0.29) is 18.1 Å². The lowest BCUT2D eigenvalue weighted by atomic mass is 9.99. The zero-order valence-corrected chi connectivity index (χ0v) is 12.0. The molecule has 18 heavy (non-hydrogen) atoms. The highest BCUT2D eigenvalue weighted by Crippen LogP contribution is 2.28. The highest BCUT2D eigenvalue weighted by molar-refractivity contribution is 6.30. The fourth-order valence-corrected chi connectivity index (χ4v) is 2.15. The number of rotatable bonds is 4. The van der Waals surface area contributed by atoms with E-state index in [9.17, 15) is 4.79 Å². The summed E-state index contributed by atoms with van der Waals surface area (Å²) >= 11 is 5.86. The maximum Gasteiger partial charge on any atom is 0.317 e. The first-order chi connectivity index (χ1) is 8.21. The van der Waals surface area contributed by atoms with E-state index in [4.69, 9.17) is 16.7 Å². The van der Waals surface area contributed by atoms with Crippen LogP contribution in [0.5, 0.6) is 0 Å². The Bertz CT molecular complexity index is 409. The lowest BCUT2D eigenvalue weighted by molar-refractivity contribution is -0.140. The lowest BCUT2D eigenvalue weighted by Crippen LogP contribution is -2.45. The number of carboxylic acid groups (broad SMARTS) is 1. The SMILES string of the molecule is CC(c1ccc(Cl)cc1)N(CC(=O)O)C(C)(C)C. The number of hydrogen-bond acceptors (Lipinski definition) is 2. The molecule has 1 aromatic rings. The van der Waals surface area contributed by atoms with Crippen LogP contribution in [0.2, 0.25) is 5.02 Å². The molecule has 0 aromatic heterocycles. The molecule has 0 saturated carbocycles. The molecule has 0 aliphatic carbocycles. The largest absolute Gasteiger partial charge is 0.480 e.